The minimum Gasteiger partial charge on any atom is -0.395 e. The second kappa shape index (κ2) is 11.2. The van der Waals surface area contributed by atoms with E-state index in [1.54, 1.807) is 6.07 Å². The number of hydrogen-bond acceptors (Lipinski definition) is 7. The number of pyridine rings is 2. The molecule has 3 N–H and O–H groups in total. The Labute approximate surface area is 217 Å². The zero-order valence-corrected chi connectivity index (χ0v) is 21.1. The van der Waals surface area contributed by atoms with Crippen molar-refractivity contribution in [1.29, 1.82) is 0 Å². The number of nitrogens with zero attached hydrogens (tertiary/aromatic N) is 3. The second-order valence-electron chi connectivity index (χ2n) is 8.27. The number of benzene rings is 1. The van der Waals surface area contributed by atoms with Crippen molar-refractivity contribution in [1.82, 2.24) is 15.3 Å². The van der Waals surface area contributed by atoms with Crippen molar-refractivity contribution in [2.45, 2.75) is 24.2 Å². The van der Waals surface area contributed by atoms with Gasteiger partial charge >= 0.3 is 6.18 Å². The highest BCUT2D eigenvalue weighted by Gasteiger charge is 2.35. The smallest absolute Gasteiger partial charge is 0.395 e. The van der Waals surface area contributed by atoms with E-state index in [9.17, 15) is 31.1 Å². The van der Waals surface area contributed by atoms with Crippen molar-refractivity contribution in [2.75, 3.05) is 35.9 Å². The molecule has 3 heterocycles. The number of anilines is 2. The summed E-state index contributed by atoms with van der Waals surface area (Å²) < 4.78 is 83.1. The molecule has 8 nitrogen and oxygen atoms in total. The lowest BCUT2D eigenvalue weighted by Gasteiger charge is -2.33. The summed E-state index contributed by atoms with van der Waals surface area (Å²) in [5.74, 6) is -0.764. The van der Waals surface area contributed by atoms with E-state index in [2.05, 4.69) is 20.0 Å². The summed E-state index contributed by atoms with van der Waals surface area (Å²) in [6.07, 6.45) is -4.80. The van der Waals surface area contributed by atoms with E-state index in [1.807, 2.05) is 4.90 Å². The van der Waals surface area contributed by atoms with Crippen molar-refractivity contribution < 1.29 is 31.1 Å². The number of halogens is 5. The number of aromatic nitrogens is 2. The minimum atomic E-state index is -4.80. The number of aryl methyl sites for hydroxylation is 1. The van der Waals surface area contributed by atoms with Crippen LogP contribution in [0, 0.1) is 12.7 Å². The fraction of sp³-hybridized carbons (Fsp3) is 0.304. The van der Waals surface area contributed by atoms with Crippen LogP contribution < -0.4 is 14.9 Å². The Hall–Kier alpha value is -3.00. The van der Waals surface area contributed by atoms with E-state index in [0.717, 1.165) is 18.2 Å². The van der Waals surface area contributed by atoms with Crippen LogP contribution in [-0.4, -0.2) is 55.8 Å². The molecule has 0 radical (unpaired) electrons. The third-order valence-corrected chi connectivity index (χ3v) is 6.93. The molecule has 2 aromatic heterocycles. The molecule has 200 valence electrons. The first kappa shape index (κ1) is 28.6. The Kier molecular flexibility index (Phi) is 8.63. The molecule has 0 amide bonds. The molecule has 1 aliphatic heterocycles. The van der Waals surface area contributed by atoms with E-state index < -0.39 is 33.3 Å². The molecule has 1 aromatic carbocycles. The number of hydrogen-bond donors (Lipinski definition) is 3. The summed E-state index contributed by atoms with van der Waals surface area (Å²) >= 11 is 0. The molecule has 4 rings (SSSR count). The van der Waals surface area contributed by atoms with E-state index in [0.29, 0.717) is 37.1 Å². The van der Waals surface area contributed by atoms with Crippen LogP contribution in [0.2, 0.25) is 0 Å². The SMILES string of the molecule is Cc1ccc(F)cc1-c1nc(NS(=O)(=O)c2cccc(N3CCN[C@@H](CO)C3)n2)ccc1C(F)(F)F.Cl. The molecule has 0 aliphatic carbocycles. The lowest BCUT2D eigenvalue weighted by molar-refractivity contribution is -0.137. The summed E-state index contributed by atoms with van der Waals surface area (Å²) in [7, 11) is -4.33. The van der Waals surface area contributed by atoms with Crippen LogP contribution in [0.3, 0.4) is 0 Å². The van der Waals surface area contributed by atoms with Gasteiger partial charge in [0.05, 0.1) is 17.9 Å². The van der Waals surface area contributed by atoms with Crippen LogP contribution in [0.25, 0.3) is 11.3 Å². The van der Waals surface area contributed by atoms with E-state index in [1.165, 1.54) is 25.1 Å². The number of alkyl halides is 3. The molecule has 3 aromatic rings. The first-order valence-electron chi connectivity index (χ1n) is 10.9. The minimum absolute atomic E-state index is 0. The predicted molar refractivity (Wildman–Crippen MR) is 133 cm³/mol. The molecule has 0 saturated carbocycles. The number of sulfonamides is 1. The first-order chi connectivity index (χ1) is 17.0. The van der Waals surface area contributed by atoms with Gasteiger partial charge in [-0.15, -0.1) is 12.4 Å². The van der Waals surface area contributed by atoms with Crippen molar-refractivity contribution >= 4 is 34.1 Å². The maximum absolute atomic E-state index is 13.8. The first-order valence-corrected chi connectivity index (χ1v) is 12.4. The maximum Gasteiger partial charge on any atom is 0.418 e. The number of aliphatic hydroxyl groups is 1. The Bertz CT molecular complexity index is 1370. The molecule has 0 bridgehead atoms. The predicted octanol–water partition coefficient (Wildman–Crippen LogP) is 3.60. The summed E-state index contributed by atoms with van der Waals surface area (Å²) in [6.45, 7) is 2.93. The number of aliphatic hydroxyl groups excluding tert-OH is 1. The van der Waals surface area contributed by atoms with Crippen molar-refractivity contribution in [2.24, 2.45) is 0 Å². The van der Waals surface area contributed by atoms with Gasteiger partial charge in [0, 0.05) is 31.2 Å². The molecule has 0 spiro atoms. The van der Waals surface area contributed by atoms with E-state index in [4.69, 9.17) is 0 Å². The largest absolute Gasteiger partial charge is 0.418 e. The maximum atomic E-state index is 13.8. The molecule has 14 heteroatoms. The molecule has 37 heavy (non-hydrogen) atoms. The zero-order valence-electron chi connectivity index (χ0n) is 19.5. The Morgan fingerprint density at radius 1 is 1.16 bits per heavy atom. The molecule has 1 saturated heterocycles. The van der Waals surface area contributed by atoms with Crippen molar-refractivity contribution in [3.05, 3.63) is 65.5 Å². The van der Waals surface area contributed by atoms with Gasteiger partial charge in [-0.1, -0.05) is 12.1 Å². The fourth-order valence-electron chi connectivity index (χ4n) is 3.87. The molecular weight excluding hydrogens is 538 g/mol. The van der Waals surface area contributed by atoms with Gasteiger partial charge in [-0.3, -0.25) is 4.72 Å². The van der Waals surface area contributed by atoms with Gasteiger partial charge in [-0.25, -0.2) is 14.4 Å². The number of piperazine rings is 1. The van der Waals surface area contributed by atoms with Crippen LogP contribution in [0.4, 0.5) is 29.2 Å². The molecule has 1 fully saturated rings. The quantitative estimate of drug-likeness (QED) is 0.395. The number of nitrogens with one attached hydrogen (secondary N) is 2. The fourth-order valence-corrected chi connectivity index (χ4v) is 4.84. The van der Waals surface area contributed by atoms with Crippen LogP contribution in [0.1, 0.15) is 11.1 Å². The molecule has 0 unspecified atom stereocenters. The third kappa shape index (κ3) is 6.47. The Balaban J connectivity index is 0.00000380. The number of rotatable bonds is 6. The highest BCUT2D eigenvalue weighted by molar-refractivity contribution is 7.92. The molecule has 1 atom stereocenters. The van der Waals surface area contributed by atoms with Crippen LogP contribution in [0.5, 0.6) is 0 Å². The molecule has 1 aliphatic rings. The zero-order chi connectivity index (χ0) is 26.1. The Morgan fingerprint density at radius 3 is 2.62 bits per heavy atom. The lowest BCUT2D eigenvalue weighted by atomic mass is 10.0. The summed E-state index contributed by atoms with van der Waals surface area (Å²) in [6, 6.07) is 9.11. The topological polar surface area (TPSA) is 107 Å². The van der Waals surface area contributed by atoms with Crippen molar-refractivity contribution in [3.63, 3.8) is 0 Å². The van der Waals surface area contributed by atoms with Gasteiger partial charge in [-0.05, 0) is 48.9 Å². The van der Waals surface area contributed by atoms with Gasteiger partial charge in [0.2, 0.25) is 0 Å². The second-order valence-corrected chi connectivity index (χ2v) is 9.90. The van der Waals surface area contributed by atoms with E-state index in [-0.39, 0.29) is 41.5 Å². The van der Waals surface area contributed by atoms with Gasteiger partial charge < -0.3 is 15.3 Å². The average molecular weight is 562 g/mol. The average Bonchev–Trinajstić information content (AvgIpc) is 2.84. The third-order valence-electron chi connectivity index (χ3n) is 5.68. The van der Waals surface area contributed by atoms with Crippen molar-refractivity contribution in [3.8, 4) is 11.3 Å². The summed E-state index contributed by atoms with van der Waals surface area (Å²) in [5, 5.41) is 12.2. The van der Waals surface area contributed by atoms with Gasteiger partial charge in [0.15, 0.2) is 5.03 Å². The summed E-state index contributed by atoms with van der Waals surface area (Å²) in [4.78, 5) is 9.93. The summed E-state index contributed by atoms with van der Waals surface area (Å²) in [5.41, 5.74) is -1.50. The molecular formula is C23H24ClF4N5O3S. The van der Waals surface area contributed by atoms with Gasteiger partial charge in [0.25, 0.3) is 10.0 Å². The van der Waals surface area contributed by atoms with Gasteiger partial charge in [-0.2, -0.15) is 21.6 Å². The highest BCUT2D eigenvalue weighted by Crippen LogP contribution is 2.38. The Morgan fingerprint density at radius 2 is 1.92 bits per heavy atom. The standard InChI is InChI=1S/C23H23F4N5O3S.ClH/c1-14-5-6-15(24)11-17(14)22-18(23(25,26)27)7-8-19(29-22)31-36(34,35)21-4-2-3-20(30-21)32-10-9-28-16(12-32)13-33;/h2-8,11,16,28,33H,9-10,12-13H2,1H3,(H,29,31);1H/t16-;/m1./s1. The van der Waals surface area contributed by atoms with Crippen LogP contribution in [-0.2, 0) is 16.2 Å². The van der Waals surface area contributed by atoms with E-state index >= 15 is 0 Å². The highest BCUT2D eigenvalue weighted by atomic mass is 35.5. The van der Waals surface area contributed by atoms with Crippen LogP contribution >= 0.6 is 12.4 Å². The monoisotopic (exact) mass is 561 g/mol. The normalized spacial score (nSPS) is 16.3. The van der Waals surface area contributed by atoms with Crippen LogP contribution in [0.15, 0.2) is 53.6 Å². The lowest BCUT2D eigenvalue weighted by Crippen LogP contribution is -2.52. The van der Waals surface area contributed by atoms with Gasteiger partial charge in [0.1, 0.15) is 17.5 Å².